The quantitative estimate of drug-likeness (QED) is 0.551. The predicted molar refractivity (Wildman–Crippen MR) is 67.6 cm³/mol. The van der Waals surface area contributed by atoms with E-state index in [1.165, 1.54) is 0 Å². The summed E-state index contributed by atoms with van der Waals surface area (Å²) in [5, 5.41) is 11.6. The molecule has 0 radical (unpaired) electrons. The van der Waals surface area contributed by atoms with E-state index < -0.39 is 12.0 Å². The van der Waals surface area contributed by atoms with Gasteiger partial charge in [-0.2, -0.15) is 0 Å². The summed E-state index contributed by atoms with van der Waals surface area (Å²) < 4.78 is 0. The van der Waals surface area contributed by atoms with Gasteiger partial charge in [-0.15, -0.1) is 0 Å². The smallest absolute Gasteiger partial charge is 0.326 e. The molecular weight excluding hydrogens is 218 g/mol. The van der Waals surface area contributed by atoms with Crippen molar-refractivity contribution in [3.05, 3.63) is 23.8 Å². The van der Waals surface area contributed by atoms with Gasteiger partial charge in [-0.3, -0.25) is 4.79 Å². The number of nitrogens with one attached hydrogen (secondary N) is 1. The molecule has 1 amide bonds. The number of hydrogen-bond acceptors (Lipinski definition) is 2. The van der Waals surface area contributed by atoms with Crippen LogP contribution >= 0.6 is 0 Å². The second-order valence-corrected chi connectivity index (χ2v) is 4.05. The highest BCUT2D eigenvalue weighted by Gasteiger charge is 2.25. The van der Waals surface area contributed by atoms with Crippen LogP contribution in [-0.2, 0) is 9.59 Å². The van der Waals surface area contributed by atoms with Crippen molar-refractivity contribution in [2.75, 3.05) is 0 Å². The molecule has 0 saturated carbocycles. The molecule has 0 heterocycles. The number of carbonyl (C=O) groups excluding carboxylic acids is 1. The Morgan fingerprint density at radius 3 is 2.41 bits per heavy atom. The van der Waals surface area contributed by atoms with Gasteiger partial charge in [-0.25, -0.2) is 4.79 Å². The summed E-state index contributed by atoms with van der Waals surface area (Å²) in [5.74, 6) is -1.42. The van der Waals surface area contributed by atoms with Gasteiger partial charge in [0, 0.05) is 5.57 Å². The van der Waals surface area contributed by atoms with Gasteiger partial charge in [0.05, 0.1) is 0 Å². The lowest BCUT2D eigenvalue weighted by molar-refractivity contribution is -0.142. The van der Waals surface area contributed by atoms with Crippen LogP contribution in [-0.4, -0.2) is 23.0 Å². The van der Waals surface area contributed by atoms with Crippen molar-refractivity contribution in [3.63, 3.8) is 0 Å². The van der Waals surface area contributed by atoms with Gasteiger partial charge in [-0.1, -0.05) is 38.5 Å². The van der Waals surface area contributed by atoms with Crippen molar-refractivity contribution in [2.24, 2.45) is 5.92 Å². The summed E-state index contributed by atoms with van der Waals surface area (Å²) >= 11 is 0. The van der Waals surface area contributed by atoms with Crippen molar-refractivity contribution in [3.8, 4) is 0 Å². The average Bonchev–Trinajstić information content (AvgIpc) is 2.31. The summed E-state index contributed by atoms with van der Waals surface area (Å²) in [5.41, 5.74) is 0.498. The molecule has 96 valence electrons. The Labute approximate surface area is 102 Å². The van der Waals surface area contributed by atoms with E-state index in [-0.39, 0.29) is 11.8 Å². The molecule has 17 heavy (non-hydrogen) atoms. The van der Waals surface area contributed by atoms with E-state index >= 15 is 0 Å². The first-order chi connectivity index (χ1) is 7.93. The predicted octanol–water partition coefficient (Wildman–Crippen LogP) is 2.12. The SMILES string of the molecule is C/C=C/C=C(\C)C(=O)N[C@H](C(=O)O)[C@@H](C)CC. The lowest BCUT2D eigenvalue weighted by Crippen LogP contribution is -2.45. The van der Waals surface area contributed by atoms with Crippen molar-refractivity contribution in [2.45, 2.75) is 40.2 Å². The van der Waals surface area contributed by atoms with Gasteiger partial charge in [-0.05, 0) is 19.8 Å². The van der Waals surface area contributed by atoms with Gasteiger partial charge < -0.3 is 10.4 Å². The van der Waals surface area contributed by atoms with Crippen LogP contribution in [0.1, 0.15) is 34.1 Å². The zero-order valence-electron chi connectivity index (χ0n) is 10.9. The highest BCUT2D eigenvalue weighted by Crippen LogP contribution is 2.08. The summed E-state index contributed by atoms with van der Waals surface area (Å²) in [6.07, 6.45) is 5.91. The van der Waals surface area contributed by atoms with Gasteiger partial charge in [0.2, 0.25) is 5.91 Å². The highest BCUT2D eigenvalue weighted by atomic mass is 16.4. The van der Waals surface area contributed by atoms with Gasteiger partial charge >= 0.3 is 5.97 Å². The molecule has 0 aromatic carbocycles. The Morgan fingerprint density at radius 1 is 1.41 bits per heavy atom. The van der Waals surface area contributed by atoms with E-state index in [9.17, 15) is 9.59 Å². The highest BCUT2D eigenvalue weighted by molar-refractivity contribution is 5.95. The number of carboxylic acids is 1. The molecule has 0 aromatic heterocycles. The third kappa shape index (κ3) is 5.33. The first kappa shape index (κ1) is 15.4. The molecular formula is C13H21NO3. The maximum atomic E-state index is 11.7. The van der Waals surface area contributed by atoms with E-state index in [1.807, 2.05) is 20.8 Å². The van der Waals surface area contributed by atoms with Gasteiger partial charge in [0.15, 0.2) is 0 Å². The average molecular weight is 239 g/mol. The summed E-state index contributed by atoms with van der Waals surface area (Å²) in [6, 6.07) is -0.832. The lowest BCUT2D eigenvalue weighted by atomic mass is 9.99. The van der Waals surface area contributed by atoms with E-state index in [0.29, 0.717) is 12.0 Å². The van der Waals surface area contributed by atoms with Crippen LogP contribution < -0.4 is 5.32 Å². The molecule has 4 nitrogen and oxygen atoms in total. The molecule has 0 aliphatic carbocycles. The molecule has 4 heteroatoms. The Balaban J connectivity index is 4.67. The fraction of sp³-hybridized carbons (Fsp3) is 0.538. The van der Waals surface area contributed by atoms with E-state index in [1.54, 1.807) is 25.2 Å². The van der Waals surface area contributed by atoms with Crippen molar-refractivity contribution in [1.82, 2.24) is 5.32 Å². The van der Waals surface area contributed by atoms with Crippen molar-refractivity contribution < 1.29 is 14.7 Å². The van der Waals surface area contributed by atoms with Crippen LogP contribution in [0.2, 0.25) is 0 Å². The molecule has 2 N–H and O–H groups in total. The third-order valence-electron chi connectivity index (χ3n) is 2.66. The number of carboxylic acid groups (broad SMARTS) is 1. The second-order valence-electron chi connectivity index (χ2n) is 4.05. The van der Waals surface area contributed by atoms with Crippen LogP contribution in [0.3, 0.4) is 0 Å². The number of allylic oxidation sites excluding steroid dienone is 3. The van der Waals surface area contributed by atoms with Crippen LogP contribution in [0.5, 0.6) is 0 Å². The monoisotopic (exact) mass is 239 g/mol. The first-order valence-corrected chi connectivity index (χ1v) is 5.77. The minimum atomic E-state index is -0.994. The molecule has 0 spiro atoms. The third-order valence-corrected chi connectivity index (χ3v) is 2.66. The fourth-order valence-corrected chi connectivity index (χ4v) is 1.25. The molecule has 2 atom stereocenters. The maximum Gasteiger partial charge on any atom is 0.326 e. The van der Waals surface area contributed by atoms with Crippen molar-refractivity contribution >= 4 is 11.9 Å². The van der Waals surface area contributed by atoms with Crippen LogP contribution in [0, 0.1) is 5.92 Å². The van der Waals surface area contributed by atoms with Gasteiger partial charge in [0.25, 0.3) is 0 Å². The Hall–Kier alpha value is -1.58. The van der Waals surface area contributed by atoms with Crippen LogP contribution in [0.4, 0.5) is 0 Å². The zero-order valence-corrected chi connectivity index (χ0v) is 10.9. The second kappa shape index (κ2) is 7.65. The van der Waals surface area contributed by atoms with E-state index in [0.717, 1.165) is 0 Å². The summed E-state index contributed by atoms with van der Waals surface area (Å²) in [7, 11) is 0. The minimum absolute atomic E-state index is 0.0917. The zero-order chi connectivity index (χ0) is 13.4. The van der Waals surface area contributed by atoms with Crippen LogP contribution in [0.15, 0.2) is 23.8 Å². The van der Waals surface area contributed by atoms with Crippen molar-refractivity contribution in [1.29, 1.82) is 0 Å². The molecule has 0 rings (SSSR count). The van der Waals surface area contributed by atoms with Crippen LogP contribution in [0.25, 0.3) is 0 Å². The minimum Gasteiger partial charge on any atom is -0.480 e. The first-order valence-electron chi connectivity index (χ1n) is 5.77. The molecule has 0 aliphatic rings. The standard InChI is InChI=1S/C13H21NO3/c1-5-7-8-10(4)12(15)14-11(13(16)17)9(3)6-2/h5,7-9,11H,6H2,1-4H3,(H,14,15)(H,16,17)/b7-5+,10-8+/t9-,11-/m0/s1. The molecule has 0 fully saturated rings. The summed E-state index contributed by atoms with van der Waals surface area (Å²) in [6.45, 7) is 7.21. The lowest BCUT2D eigenvalue weighted by Gasteiger charge is -2.20. The Morgan fingerprint density at radius 2 is 2.00 bits per heavy atom. The topological polar surface area (TPSA) is 66.4 Å². The normalized spacial score (nSPS) is 15.6. The largest absolute Gasteiger partial charge is 0.480 e. The number of carbonyl (C=O) groups is 2. The number of aliphatic carboxylic acids is 1. The molecule has 0 aromatic rings. The van der Waals surface area contributed by atoms with E-state index in [4.69, 9.17) is 5.11 Å². The van der Waals surface area contributed by atoms with Gasteiger partial charge in [0.1, 0.15) is 6.04 Å². The Bertz CT molecular complexity index is 332. The maximum absolute atomic E-state index is 11.7. The number of rotatable bonds is 6. The van der Waals surface area contributed by atoms with E-state index in [2.05, 4.69) is 5.32 Å². The molecule has 0 saturated heterocycles. The molecule has 0 unspecified atom stereocenters. The summed E-state index contributed by atoms with van der Waals surface area (Å²) in [4.78, 5) is 22.7. The molecule has 0 aliphatic heterocycles. The molecule has 0 bridgehead atoms. The number of amides is 1. The fourth-order valence-electron chi connectivity index (χ4n) is 1.25. The number of hydrogen-bond donors (Lipinski definition) is 2. The Kier molecular flexibility index (Phi) is 6.94.